The van der Waals surface area contributed by atoms with Crippen LogP contribution in [0.3, 0.4) is 0 Å². The van der Waals surface area contributed by atoms with Crippen LogP contribution in [0.5, 0.6) is 0 Å². The Morgan fingerprint density at radius 3 is 2.24 bits per heavy atom. The van der Waals surface area contributed by atoms with E-state index in [0.717, 1.165) is 11.1 Å². The topological polar surface area (TPSA) is 75.4 Å². The Morgan fingerprint density at radius 1 is 1.14 bits per heavy atom. The summed E-state index contributed by atoms with van der Waals surface area (Å²) in [5.41, 5.74) is 1.95. The zero-order valence-electron chi connectivity index (χ0n) is 10.8. The highest BCUT2D eigenvalue weighted by Crippen LogP contribution is 2.35. The summed E-state index contributed by atoms with van der Waals surface area (Å²) in [6.07, 6.45) is 0. The molecular weight excluding hydrogens is 315 g/mol. The fraction of sp³-hybridized carbons (Fsp3) is 0.143. The Labute approximate surface area is 131 Å². The number of non-ortho nitro benzene ring substituents is 1. The second-order valence-corrected chi connectivity index (χ2v) is 5.14. The third-order valence-corrected chi connectivity index (χ3v) is 3.58. The van der Waals surface area contributed by atoms with Crippen molar-refractivity contribution in [1.29, 1.82) is 0 Å². The molecule has 0 heterocycles. The SMILES string of the molecule is O=[N+]([O-])c1cc(Cl)c(NCc2ccccc2CO)c(Cl)c1. The van der Waals surface area contributed by atoms with E-state index in [9.17, 15) is 15.2 Å². The van der Waals surface area contributed by atoms with Crippen LogP contribution in [-0.2, 0) is 13.2 Å². The van der Waals surface area contributed by atoms with Gasteiger partial charge >= 0.3 is 0 Å². The molecule has 2 rings (SSSR count). The molecule has 5 nitrogen and oxygen atoms in total. The molecule has 0 aliphatic heterocycles. The van der Waals surface area contributed by atoms with Crippen LogP contribution in [0.4, 0.5) is 11.4 Å². The van der Waals surface area contributed by atoms with E-state index in [1.54, 1.807) is 0 Å². The monoisotopic (exact) mass is 326 g/mol. The molecule has 0 unspecified atom stereocenters. The van der Waals surface area contributed by atoms with Crippen molar-refractivity contribution in [3.05, 3.63) is 67.7 Å². The predicted octanol–water partition coefficient (Wildman–Crippen LogP) is 4.01. The lowest BCUT2D eigenvalue weighted by atomic mass is 10.1. The molecule has 0 radical (unpaired) electrons. The zero-order valence-corrected chi connectivity index (χ0v) is 12.4. The van der Waals surface area contributed by atoms with Gasteiger partial charge in [0.05, 0.1) is 27.3 Å². The van der Waals surface area contributed by atoms with E-state index in [1.165, 1.54) is 12.1 Å². The summed E-state index contributed by atoms with van der Waals surface area (Å²) < 4.78 is 0. The maximum absolute atomic E-state index is 10.7. The van der Waals surface area contributed by atoms with Gasteiger partial charge in [-0.25, -0.2) is 0 Å². The summed E-state index contributed by atoms with van der Waals surface area (Å²) in [4.78, 5) is 10.2. The van der Waals surface area contributed by atoms with Crippen LogP contribution in [0.25, 0.3) is 0 Å². The summed E-state index contributed by atoms with van der Waals surface area (Å²) in [5, 5.41) is 23.4. The van der Waals surface area contributed by atoms with Crippen LogP contribution in [0, 0.1) is 10.1 Å². The van der Waals surface area contributed by atoms with Crippen molar-refractivity contribution in [1.82, 2.24) is 0 Å². The molecule has 0 aliphatic carbocycles. The Balaban J connectivity index is 2.22. The van der Waals surface area contributed by atoms with Gasteiger partial charge in [-0.1, -0.05) is 47.5 Å². The third kappa shape index (κ3) is 3.64. The standard InChI is InChI=1S/C14H12Cl2N2O3/c15-12-5-11(18(20)21)6-13(16)14(12)17-7-9-3-1-2-4-10(9)8-19/h1-6,17,19H,7-8H2. The predicted molar refractivity (Wildman–Crippen MR) is 82.8 cm³/mol. The first kappa shape index (κ1) is 15.6. The summed E-state index contributed by atoms with van der Waals surface area (Å²) in [5.74, 6) is 0. The molecular formula is C14H12Cl2N2O3. The summed E-state index contributed by atoms with van der Waals surface area (Å²) >= 11 is 12.0. The van der Waals surface area contributed by atoms with E-state index in [-0.39, 0.29) is 22.3 Å². The van der Waals surface area contributed by atoms with Crippen molar-refractivity contribution >= 4 is 34.6 Å². The Hall–Kier alpha value is -1.82. The first-order valence-corrected chi connectivity index (χ1v) is 6.83. The van der Waals surface area contributed by atoms with Crippen molar-refractivity contribution in [2.45, 2.75) is 13.2 Å². The van der Waals surface area contributed by atoms with E-state index >= 15 is 0 Å². The third-order valence-electron chi connectivity index (χ3n) is 2.98. The highest BCUT2D eigenvalue weighted by atomic mass is 35.5. The molecule has 2 aromatic carbocycles. The van der Waals surface area contributed by atoms with Crippen molar-refractivity contribution in [2.75, 3.05) is 5.32 Å². The van der Waals surface area contributed by atoms with Gasteiger partial charge in [0.25, 0.3) is 5.69 Å². The van der Waals surface area contributed by atoms with Crippen LogP contribution < -0.4 is 5.32 Å². The number of nitrogens with zero attached hydrogens (tertiary/aromatic N) is 1. The molecule has 0 amide bonds. The molecule has 21 heavy (non-hydrogen) atoms. The number of hydrogen-bond donors (Lipinski definition) is 2. The average molecular weight is 327 g/mol. The maximum atomic E-state index is 10.7. The van der Waals surface area contributed by atoms with Crippen molar-refractivity contribution in [3.8, 4) is 0 Å². The van der Waals surface area contributed by atoms with Gasteiger partial charge < -0.3 is 10.4 Å². The van der Waals surface area contributed by atoms with Gasteiger partial charge in [-0.15, -0.1) is 0 Å². The largest absolute Gasteiger partial charge is 0.392 e. The van der Waals surface area contributed by atoms with E-state index in [2.05, 4.69) is 5.32 Å². The number of aliphatic hydroxyl groups is 1. The first-order valence-electron chi connectivity index (χ1n) is 6.08. The number of nitro benzene ring substituents is 1. The summed E-state index contributed by atoms with van der Waals surface area (Å²) in [6, 6.07) is 9.86. The minimum atomic E-state index is -0.553. The molecule has 0 atom stereocenters. The average Bonchev–Trinajstić information content (AvgIpc) is 2.46. The van der Waals surface area contributed by atoms with E-state index in [1.807, 2.05) is 24.3 Å². The number of aliphatic hydroxyl groups excluding tert-OH is 1. The number of rotatable bonds is 5. The lowest BCUT2D eigenvalue weighted by Gasteiger charge is -2.12. The number of hydrogen-bond acceptors (Lipinski definition) is 4. The number of nitrogens with one attached hydrogen (secondary N) is 1. The van der Waals surface area contributed by atoms with Crippen LogP contribution >= 0.6 is 23.2 Å². The second kappa shape index (κ2) is 6.76. The lowest BCUT2D eigenvalue weighted by Crippen LogP contribution is -2.04. The summed E-state index contributed by atoms with van der Waals surface area (Å²) in [7, 11) is 0. The first-order chi connectivity index (χ1) is 10.0. The minimum absolute atomic E-state index is 0.0699. The summed E-state index contributed by atoms with van der Waals surface area (Å²) in [6.45, 7) is 0.327. The number of benzene rings is 2. The van der Waals surface area contributed by atoms with Gasteiger partial charge in [0.15, 0.2) is 0 Å². The number of nitro groups is 1. The van der Waals surface area contributed by atoms with Crippen molar-refractivity contribution in [3.63, 3.8) is 0 Å². The Morgan fingerprint density at radius 2 is 1.71 bits per heavy atom. The van der Waals surface area contributed by atoms with Crippen LogP contribution in [0.15, 0.2) is 36.4 Å². The van der Waals surface area contributed by atoms with Gasteiger partial charge in [-0.05, 0) is 11.1 Å². The second-order valence-electron chi connectivity index (χ2n) is 4.32. The van der Waals surface area contributed by atoms with Crippen LogP contribution in [0.2, 0.25) is 10.0 Å². The van der Waals surface area contributed by atoms with E-state index in [0.29, 0.717) is 12.2 Å². The van der Waals surface area contributed by atoms with Gasteiger partial charge in [0.1, 0.15) is 0 Å². The van der Waals surface area contributed by atoms with Gasteiger partial charge in [-0.2, -0.15) is 0 Å². The van der Waals surface area contributed by atoms with Gasteiger partial charge in [-0.3, -0.25) is 10.1 Å². The fourth-order valence-corrected chi connectivity index (χ4v) is 2.51. The number of halogens is 2. The smallest absolute Gasteiger partial charge is 0.272 e. The van der Waals surface area contributed by atoms with Gasteiger partial charge in [0.2, 0.25) is 0 Å². The molecule has 2 aromatic rings. The lowest BCUT2D eigenvalue weighted by molar-refractivity contribution is -0.384. The molecule has 0 saturated heterocycles. The molecule has 0 spiro atoms. The molecule has 2 N–H and O–H groups in total. The molecule has 7 heteroatoms. The minimum Gasteiger partial charge on any atom is -0.392 e. The van der Waals surface area contributed by atoms with Crippen molar-refractivity contribution in [2.24, 2.45) is 0 Å². The molecule has 0 aromatic heterocycles. The zero-order chi connectivity index (χ0) is 15.4. The van der Waals surface area contributed by atoms with Gasteiger partial charge in [0, 0.05) is 18.7 Å². The molecule has 110 valence electrons. The van der Waals surface area contributed by atoms with Crippen LogP contribution in [-0.4, -0.2) is 10.0 Å². The highest BCUT2D eigenvalue weighted by Gasteiger charge is 2.14. The molecule has 0 saturated carbocycles. The highest BCUT2D eigenvalue weighted by molar-refractivity contribution is 6.39. The quantitative estimate of drug-likeness (QED) is 0.643. The molecule has 0 fully saturated rings. The van der Waals surface area contributed by atoms with Crippen LogP contribution in [0.1, 0.15) is 11.1 Å². The molecule has 0 bridgehead atoms. The Bertz CT molecular complexity index is 654. The van der Waals surface area contributed by atoms with Crippen molar-refractivity contribution < 1.29 is 10.0 Å². The fourth-order valence-electron chi connectivity index (χ4n) is 1.90. The number of anilines is 1. The normalized spacial score (nSPS) is 10.4. The Kier molecular flexibility index (Phi) is 5.01. The maximum Gasteiger partial charge on any atom is 0.272 e. The van der Waals surface area contributed by atoms with E-state index < -0.39 is 4.92 Å². The van der Waals surface area contributed by atoms with E-state index in [4.69, 9.17) is 23.2 Å². The molecule has 0 aliphatic rings.